The Kier molecular flexibility index (Phi) is 421. The minimum Gasteiger partial charge on any atom is -0.565 e. The molecule has 0 aromatic heterocycles. The Labute approximate surface area is 708 Å². The number of hydrogen-bond acceptors (Lipinski definition) is 30. The van der Waals surface area contributed by atoms with Gasteiger partial charge >= 0.3 is 357 Å². The van der Waals surface area contributed by atoms with Gasteiger partial charge in [-0.25, -0.2) is 47.9 Å². The van der Waals surface area contributed by atoms with E-state index in [-0.39, 0.29) is 296 Å². The molecule has 0 saturated carbocycles. The minimum atomic E-state index is -2.08. The van der Waals surface area contributed by atoms with Crippen LogP contribution in [0.2, 0.25) is 0 Å². The van der Waals surface area contributed by atoms with Crippen molar-refractivity contribution in [2.45, 2.75) is 0 Å². The predicted octanol–water partition coefficient (Wildman–Crippen LogP) is -38.9. The molecule has 0 radical (unpaired) electrons. The molecule has 0 aliphatic rings. The van der Waals surface area contributed by atoms with Gasteiger partial charge in [0.1, 0.15) is 0 Å². The molecule has 90 heavy (non-hydrogen) atoms. The van der Waals surface area contributed by atoms with E-state index >= 15 is 0 Å². The Bertz CT molecular complexity index is 1090. The van der Waals surface area contributed by atoms with E-state index in [0.717, 1.165) is 0 Å². The fraction of sp³-hybridized carbons (Fsp3) is 0. The van der Waals surface area contributed by atoms with Gasteiger partial charge in [-0.3, -0.25) is 0 Å². The number of hydrogen-bond donors (Lipinski definition) is 30. The molecule has 480 valence electrons. The van der Waals surface area contributed by atoms with Gasteiger partial charge in [-0.05, 0) is 0 Å². The fourth-order valence-corrected chi connectivity index (χ4v) is 0. The topological polar surface area (TPSA) is 1180 Å². The summed E-state index contributed by atoms with van der Waals surface area (Å²) in [5, 5.41) is 293. The first kappa shape index (κ1) is 198. The summed E-state index contributed by atoms with van der Waals surface area (Å²) in [6, 6.07) is 0. The van der Waals surface area contributed by atoms with E-state index in [1.807, 2.05) is 0 Å². The van der Waals surface area contributed by atoms with Gasteiger partial charge in [0.05, 0.1) is 0 Å². The van der Waals surface area contributed by atoms with Crippen LogP contribution in [0.1, 0.15) is 0 Å². The summed E-state index contributed by atoms with van der Waals surface area (Å²) in [4.78, 5) is 170. The summed E-state index contributed by atoms with van der Waals surface area (Å²) in [6.07, 6.45) is -39.2. The number of carbonyl (C=O) groups is 20. The van der Waals surface area contributed by atoms with E-state index in [9.17, 15) is 0 Å². The molecule has 0 heterocycles. The Morgan fingerprint density at radius 1 is 0.111 bits per heavy atom. The zero-order valence-corrected chi connectivity index (χ0v) is 65.7. The third kappa shape index (κ3) is 26800. The van der Waals surface area contributed by atoms with Crippen LogP contribution in [0.5, 0.6) is 0 Å². The van der Waals surface area contributed by atoms with Crippen molar-refractivity contribution >= 4 is 123 Å². The molecular weight excluding hydrogens is 1430 g/mol. The second kappa shape index (κ2) is 191. The van der Waals surface area contributed by atoms with Crippen LogP contribution in [0.3, 0.4) is 0 Å². The molecule has 30 N–H and O–H groups in total. The SMILES string of the molecule is O=C(O)O.O=C(O)O.O=C(O)O.O=C(O)O.O=C(O)O.O=C(O)O.O=C(O)O.O=C(O)O.O=C(O)O.O=C(O)O.O=C([O-])O.O=C([O-])O.O=C([O-])O.O=C([O-])O.O=C([O-])O.O=C([O-])O.O=C([O-])O.O=C([O-])O.O=C([O-])O.O=C([O-])O.[Na+].[Na+].[Na+].[Na+].[Na+].[Na+].[Na+].[Na+].[Na+].[Na+]. The largest absolute Gasteiger partial charge is 1.00 e. The van der Waals surface area contributed by atoms with Gasteiger partial charge < -0.3 is 252 Å². The maximum absolute atomic E-state index is 8.56. The van der Waals surface area contributed by atoms with E-state index in [0.29, 0.717) is 0 Å². The van der Waals surface area contributed by atoms with Crippen molar-refractivity contribution in [2.24, 2.45) is 0 Å². The molecule has 0 aromatic carbocycles. The first-order valence-electron chi connectivity index (χ1n) is 12.8. The molecule has 0 rings (SSSR count). The molecule has 0 aromatic rings. The zero-order valence-electron chi connectivity index (χ0n) is 45.7. The van der Waals surface area contributed by atoms with E-state index in [1.54, 1.807) is 0 Å². The summed E-state index contributed by atoms with van der Waals surface area (Å²) >= 11 is 0. The second-order valence-corrected chi connectivity index (χ2v) is 5.48. The molecule has 0 aliphatic heterocycles. The van der Waals surface area contributed by atoms with Crippen LogP contribution < -0.4 is 347 Å². The van der Waals surface area contributed by atoms with Crippen molar-refractivity contribution < 1.29 is 596 Å². The second-order valence-electron chi connectivity index (χ2n) is 5.48. The maximum atomic E-state index is 8.56. The first-order valence-corrected chi connectivity index (χ1v) is 12.8. The van der Waals surface area contributed by atoms with Crippen molar-refractivity contribution in [3.63, 3.8) is 0 Å². The summed E-state index contributed by atoms with van der Waals surface area (Å²) < 4.78 is 0. The standard InChI is InChI=1S/20CH2O3.10Na/c20*2-1(3)4;;;;;;;;;;/h20*(H2,2,3,4);;;;;;;;;;/q;;;;;;;;;;;;;;;;;;;;10*+1/p-10. The van der Waals surface area contributed by atoms with E-state index < -0.39 is 123 Å². The van der Waals surface area contributed by atoms with Gasteiger partial charge in [-0.1, -0.05) is 0 Å². The van der Waals surface area contributed by atoms with Crippen LogP contribution in [0.4, 0.5) is 95.9 Å². The van der Waals surface area contributed by atoms with Crippen LogP contribution in [-0.4, -0.2) is 276 Å². The monoisotopic (exact) mass is 1460 g/mol. The minimum absolute atomic E-state index is 0. The molecule has 0 spiro atoms. The smallest absolute Gasteiger partial charge is 0.565 e. The number of carboxylic acid groups (broad SMARTS) is 40. The molecule has 0 saturated heterocycles. The molecular formula is C20H30Na10O60. The molecule has 70 heteroatoms. The molecule has 0 amide bonds. The van der Waals surface area contributed by atoms with Gasteiger partial charge in [0, 0.05) is 0 Å². The summed E-state index contributed by atoms with van der Waals surface area (Å²) in [6.45, 7) is 0. The average Bonchev–Trinajstić information content (AvgIpc) is 2.99. The van der Waals surface area contributed by atoms with Crippen molar-refractivity contribution in [1.82, 2.24) is 0 Å². The Hall–Kier alpha value is -4.60. The summed E-state index contributed by atoms with van der Waals surface area (Å²) in [5.74, 6) is 0. The number of rotatable bonds is 0. The molecule has 0 aliphatic carbocycles. The molecule has 60 nitrogen and oxygen atoms in total. The Balaban J connectivity index is -0.0000000150. The maximum Gasteiger partial charge on any atom is 1.00 e. The van der Waals surface area contributed by atoms with Crippen molar-refractivity contribution in [2.75, 3.05) is 0 Å². The van der Waals surface area contributed by atoms with Crippen molar-refractivity contribution in [3.05, 3.63) is 0 Å². The van der Waals surface area contributed by atoms with Crippen LogP contribution in [0.15, 0.2) is 0 Å². The summed E-state index contributed by atoms with van der Waals surface area (Å²) in [7, 11) is 0. The average molecular weight is 1460 g/mol. The summed E-state index contributed by atoms with van der Waals surface area (Å²) in [5.41, 5.74) is 0. The molecule has 0 atom stereocenters. The quantitative estimate of drug-likeness (QED) is 0.100. The van der Waals surface area contributed by atoms with Gasteiger partial charge in [-0.2, -0.15) is 0 Å². The van der Waals surface area contributed by atoms with Gasteiger partial charge in [-0.15, -0.1) is 0 Å². The fourth-order valence-electron chi connectivity index (χ4n) is 0. The van der Waals surface area contributed by atoms with E-state index in [1.165, 1.54) is 0 Å². The molecule has 0 bridgehead atoms. The first-order chi connectivity index (χ1) is 34.6. The van der Waals surface area contributed by atoms with Crippen LogP contribution >= 0.6 is 0 Å². The third-order valence-electron chi connectivity index (χ3n) is 0. The molecule has 0 unspecified atom stereocenters. The van der Waals surface area contributed by atoms with Crippen LogP contribution in [-0.2, 0) is 0 Å². The Morgan fingerprint density at radius 2 is 0.111 bits per heavy atom. The van der Waals surface area contributed by atoms with Gasteiger partial charge in [0.2, 0.25) is 61.6 Å². The predicted molar refractivity (Wildman–Crippen MR) is 187 cm³/mol. The van der Waals surface area contributed by atoms with Crippen LogP contribution in [0.25, 0.3) is 0 Å². The van der Waals surface area contributed by atoms with E-state index in [2.05, 4.69) is 0 Å². The van der Waals surface area contributed by atoms with E-state index in [4.69, 9.17) is 300 Å². The van der Waals surface area contributed by atoms with Crippen LogP contribution in [0, 0.1) is 0 Å². The van der Waals surface area contributed by atoms with Gasteiger partial charge in [0.25, 0.3) is 0 Å². The third-order valence-corrected chi connectivity index (χ3v) is 0. The normalized spacial score (nSPS) is 5.33. The van der Waals surface area contributed by atoms with Gasteiger partial charge in [0.15, 0.2) is 0 Å². The molecule has 0 fully saturated rings. The Morgan fingerprint density at radius 3 is 0.111 bits per heavy atom. The zero-order chi connectivity index (χ0) is 71.5. The van der Waals surface area contributed by atoms with Crippen molar-refractivity contribution in [3.8, 4) is 0 Å². The van der Waals surface area contributed by atoms with Crippen molar-refractivity contribution in [1.29, 1.82) is 0 Å².